The van der Waals surface area contributed by atoms with E-state index in [1.165, 1.54) is 10.6 Å². The molecule has 0 aromatic carbocycles. The van der Waals surface area contributed by atoms with Gasteiger partial charge >= 0.3 is 6.03 Å². The number of imide groups is 1. The van der Waals surface area contributed by atoms with Crippen LogP contribution in [0.5, 0.6) is 0 Å². The fourth-order valence-electron chi connectivity index (χ4n) is 17.5. The second-order valence-electron chi connectivity index (χ2n) is 46.1. The normalized spacial score (nSPS) is 22.8. The summed E-state index contributed by atoms with van der Waals surface area (Å²) in [7, 11) is 1.68. The third kappa shape index (κ3) is 42.6. The van der Waals surface area contributed by atoms with E-state index >= 15 is 0 Å². The molecule has 726 valence electrons. The minimum absolute atomic E-state index is 0.0181. The van der Waals surface area contributed by atoms with Crippen LogP contribution < -0.4 is 5.32 Å². The summed E-state index contributed by atoms with van der Waals surface area (Å²) in [6, 6.07) is 0.423. The summed E-state index contributed by atoms with van der Waals surface area (Å²) in [5.74, 6) is -1.64. The van der Waals surface area contributed by atoms with Crippen molar-refractivity contribution in [3.8, 4) is 0 Å². The summed E-state index contributed by atoms with van der Waals surface area (Å²) in [4.78, 5) is 75.0. The third-order valence-corrected chi connectivity index (χ3v) is 29.9. The molecule has 123 heavy (non-hydrogen) atoms. The molecule has 2 N–H and O–H groups in total. The molecule has 0 atom stereocenters. The minimum Gasteiger partial charge on any atom is -0.393 e. The van der Waals surface area contributed by atoms with Crippen LogP contribution in [-0.2, 0) is 44.3 Å². The molecule has 0 aliphatic carbocycles. The van der Waals surface area contributed by atoms with Crippen LogP contribution in [0, 0.1) is 12.5 Å². The van der Waals surface area contributed by atoms with E-state index < -0.39 is 35.8 Å². The molecule has 5 amide bonds. The van der Waals surface area contributed by atoms with Crippen molar-refractivity contribution in [2.24, 2.45) is 5.92 Å². The molecule has 32 heteroatoms. The standard InChI is InChI=1S/C13H27NO.C12H24N2O.C11H23N3O.C10H23N3O2S.C10H18N2.C10H21NO2S.C9H17F2N.C8H14N2O2.C8H17NO2S/c1-11(2,3)14-12(4,5)8-10(15)9-13(14,6)7;1-12(2,3)14-8-6-10(7-9-14)11(15)13(4)5;1-11(2,3)14-8-6-13(7-9-14)10(15)12(4)5;1-10(2,3)12-6-8-13(9-7-12)16(14,15)11(4)5;1-10(2,3)12-7-5-9(11-4)6-8-12;1-10(2,3)11-7-5-9(6-8-11)14(4,12)13;1-8(2,3)12-6-4-9(10,11)5-7-12;1-8(2,3)10-4-6(11)9-7(12)5-10;1-8(2,3)9-4-6-12(10,11)7-5-9/h10,15H,8-9H2,1-7H3;10H,6-9H2,1-5H3;6-9H2,1-5H3;6-9H2,1-5H3;9H,5-8H2,1-3H3;9H,5-8H2,1-4H3;4-7H2,1-3H3;4-5H2,1-3H3,(H,9,11,12);4-7H2,1-3H3. The first-order valence-electron chi connectivity index (χ1n) is 45.3. The van der Waals surface area contributed by atoms with Crippen LogP contribution in [0.4, 0.5) is 13.6 Å². The lowest BCUT2D eigenvalue weighted by molar-refractivity contribution is -0.138. The maximum Gasteiger partial charge on any atom is 0.319 e. The van der Waals surface area contributed by atoms with Gasteiger partial charge < -0.3 is 24.7 Å². The van der Waals surface area contributed by atoms with Gasteiger partial charge in [-0.15, -0.1) is 0 Å². The zero-order valence-electron chi connectivity index (χ0n) is 85.2. The highest BCUT2D eigenvalue weighted by molar-refractivity contribution is 7.91. The van der Waals surface area contributed by atoms with E-state index in [4.69, 9.17) is 6.57 Å². The Balaban J connectivity index is 0.000000693. The molecule has 0 aromatic rings. The van der Waals surface area contributed by atoms with Crippen molar-refractivity contribution in [3.05, 3.63) is 11.4 Å². The molecular weight excluding hydrogens is 1630 g/mol. The maximum atomic E-state index is 12.7. The predicted octanol–water partition coefficient (Wildman–Crippen LogP) is 11.9. The maximum absolute atomic E-state index is 12.7. The molecule has 0 unspecified atom stereocenters. The molecule has 9 aliphatic rings. The van der Waals surface area contributed by atoms with Crippen LogP contribution in [0.15, 0.2) is 0 Å². The summed E-state index contributed by atoms with van der Waals surface area (Å²) in [6.45, 7) is 89.8. The molecular formula is C91H184F2N16O11S3. The molecule has 0 saturated carbocycles. The number of piperidine rings is 5. The summed E-state index contributed by atoms with van der Waals surface area (Å²) in [5.41, 5.74) is 1.34. The Bertz CT molecular complexity index is 3480. The predicted molar refractivity (Wildman–Crippen MR) is 505 cm³/mol. The summed E-state index contributed by atoms with van der Waals surface area (Å²) in [5, 5.41) is 12.1. The number of likely N-dealkylation sites (tertiary alicyclic amines) is 5. The zero-order chi connectivity index (χ0) is 96.2. The van der Waals surface area contributed by atoms with Crippen molar-refractivity contribution in [1.29, 1.82) is 0 Å². The van der Waals surface area contributed by atoms with Crippen LogP contribution >= 0.6 is 0 Å². The number of amides is 5. The zero-order valence-corrected chi connectivity index (χ0v) is 87.6. The number of urea groups is 1. The molecule has 0 spiro atoms. The number of carbonyl (C=O) groups is 4. The van der Waals surface area contributed by atoms with Gasteiger partial charge in [0.15, 0.2) is 9.84 Å². The van der Waals surface area contributed by atoms with E-state index in [1.807, 2.05) is 44.7 Å². The lowest BCUT2D eigenvalue weighted by Gasteiger charge is -2.60. The molecule has 9 saturated heterocycles. The molecule has 9 rings (SSSR count). The molecule has 0 bridgehead atoms. The quantitative estimate of drug-likeness (QED) is 0.196. The Morgan fingerprint density at radius 1 is 0.447 bits per heavy atom. The van der Waals surface area contributed by atoms with Crippen molar-refractivity contribution >= 4 is 53.6 Å². The number of hydrogen-bond donors (Lipinski definition) is 2. The van der Waals surface area contributed by atoms with Gasteiger partial charge in [-0.25, -0.2) is 37.0 Å². The fraction of sp³-hybridized carbons (Fsp3) is 0.945. The van der Waals surface area contributed by atoms with Crippen molar-refractivity contribution in [2.75, 3.05) is 191 Å². The van der Waals surface area contributed by atoms with E-state index in [9.17, 15) is 58.3 Å². The lowest BCUT2D eigenvalue weighted by Crippen LogP contribution is -2.67. The number of alkyl halides is 2. The van der Waals surface area contributed by atoms with E-state index in [0.717, 1.165) is 130 Å². The van der Waals surface area contributed by atoms with Gasteiger partial charge in [0.25, 0.3) is 16.1 Å². The van der Waals surface area contributed by atoms with Crippen LogP contribution in [0.2, 0.25) is 0 Å². The van der Waals surface area contributed by atoms with Crippen molar-refractivity contribution in [2.45, 2.75) is 363 Å². The second-order valence-corrected chi connectivity index (χ2v) is 52.8. The second kappa shape index (κ2) is 47.1. The SMILES string of the molecule is CC(C)(C)N1C(C)(C)CC(O)CC1(C)C.CC(C)(C)N1CC(=O)NC(=O)C1.CC(C)(C)N1CCC(F)(F)CC1.CC(C)(C)N1CCC(S(C)(=O)=O)CC1.CC(C)(C)N1CCS(=O)(=O)CC1.CN(C)C(=O)C1CCN(C(C)(C)C)CC1.CN(C)C(=O)N1CCN(C(C)(C)C)CC1.CN(C)S(=O)(=O)N1CCN(C(C)(C)C)CC1.[C-]#[N+]C1CCN(C(C)(C)C)CC1. The van der Waals surface area contributed by atoms with Gasteiger partial charge in [-0.1, -0.05) is 0 Å². The highest BCUT2D eigenvalue weighted by atomic mass is 32.2. The number of rotatable bonds is 4. The molecule has 9 fully saturated rings. The van der Waals surface area contributed by atoms with E-state index in [0.29, 0.717) is 75.8 Å². The first-order valence-corrected chi connectivity index (χ1v) is 50.5. The number of carbonyl (C=O) groups excluding carboxylic acids is 4. The number of halogens is 2. The molecule has 27 nitrogen and oxygen atoms in total. The smallest absolute Gasteiger partial charge is 0.319 e. The highest BCUT2D eigenvalue weighted by Gasteiger charge is 2.50. The minimum atomic E-state index is -3.23. The first-order chi connectivity index (χ1) is 55.0. The van der Waals surface area contributed by atoms with Gasteiger partial charge in [0.2, 0.25) is 23.8 Å². The summed E-state index contributed by atoms with van der Waals surface area (Å²) in [6.07, 6.45) is 8.67. The molecule has 0 radical (unpaired) electrons. The van der Waals surface area contributed by atoms with E-state index in [1.54, 1.807) is 42.3 Å². The summed E-state index contributed by atoms with van der Waals surface area (Å²) < 4.78 is 96.9. The van der Waals surface area contributed by atoms with Gasteiger partial charge in [0, 0.05) is 233 Å². The number of aliphatic hydroxyl groups excluding tert-OH is 1. The molecule has 9 heterocycles. The largest absolute Gasteiger partial charge is 0.393 e. The van der Waals surface area contributed by atoms with Gasteiger partial charge in [-0.3, -0.25) is 63.8 Å². The Kier molecular flexibility index (Phi) is 45.0. The summed E-state index contributed by atoms with van der Waals surface area (Å²) >= 11 is 0. The average Bonchev–Trinajstić information content (AvgIpc) is 0.748. The highest BCUT2D eigenvalue weighted by Crippen LogP contribution is 2.43. The van der Waals surface area contributed by atoms with Gasteiger partial charge in [-0.05, 0) is 279 Å². The Morgan fingerprint density at radius 3 is 1.04 bits per heavy atom. The number of sulfone groups is 2. The van der Waals surface area contributed by atoms with Crippen molar-refractivity contribution in [3.63, 3.8) is 0 Å². The van der Waals surface area contributed by atoms with Crippen LogP contribution in [-0.4, -0.2) is 397 Å². The number of nitrogens with one attached hydrogen (secondary N) is 1. The van der Waals surface area contributed by atoms with Gasteiger partial charge in [-0.2, -0.15) is 17.0 Å². The van der Waals surface area contributed by atoms with Gasteiger partial charge in [0.05, 0.1) is 35.9 Å². The van der Waals surface area contributed by atoms with Crippen molar-refractivity contribution < 1.29 is 58.3 Å². The van der Waals surface area contributed by atoms with Gasteiger partial charge in [0.1, 0.15) is 9.84 Å². The Labute approximate surface area is 751 Å². The van der Waals surface area contributed by atoms with Crippen molar-refractivity contribution in [1.82, 2.24) is 72.7 Å². The fourth-order valence-corrected chi connectivity index (χ4v) is 20.9. The number of piperazine rings is 3. The average molecular weight is 1810 g/mol. The van der Waals surface area contributed by atoms with Crippen LogP contribution in [0.25, 0.3) is 4.85 Å². The molecule has 9 aliphatic heterocycles. The monoisotopic (exact) mass is 1810 g/mol. The number of aliphatic hydroxyl groups is 1. The number of hydrogen-bond acceptors (Lipinski definition) is 20. The first kappa shape index (κ1) is 118. The van der Waals surface area contributed by atoms with E-state index in [2.05, 4.69) is 243 Å². The van der Waals surface area contributed by atoms with Crippen LogP contribution in [0.1, 0.15) is 279 Å². The van der Waals surface area contributed by atoms with E-state index in [-0.39, 0.29) is 109 Å². The molecule has 0 aromatic heterocycles. The number of nitrogens with zero attached hydrogens (tertiary/aromatic N) is 15. The lowest BCUT2D eigenvalue weighted by atomic mass is 9.75. The van der Waals surface area contributed by atoms with Crippen LogP contribution in [0.3, 0.4) is 0 Å². The third-order valence-electron chi connectivity index (χ3n) is 24.7. The Morgan fingerprint density at radius 2 is 0.748 bits per heavy atom. The topological polar surface area (TPSA) is 253 Å². The Hall–Kier alpha value is -3.40.